The van der Waals surface area contributed by atoms with Crippen LogP contribution >= 0.6 is 23.1 Å². The minimum atomic E-state index is -0.120. The second-order valence-electron chi connectivity index (χ2n) is 6.05. The second kappa shape index (κ2) is 6.68. The van der Waals surface area contributed by atoms with Gasteiger partial charge in [-0.15, -0.1) is 11.3 Å². The average molecular weight is 390 g/mol. The lowest BCUT2D eigenvalue weighted by molar-refractivity contribution is -0.119. The van der Waals surface area contributed by atoms with E-state index >= 15 is 0 Å². The molecule has 0 atom stereocenters. The molecule has 2 N–H and O–H groups in total. The number of para-hydroxylation sites is 1. The number of hydrazine groups is 1. The van der Waals surface area contributed by atoms with E-state index in [1.54, 1.807) is 11.3 Å². The maximum atomic E-state index is 12.2. The molecule has 5 nitrogen and oxygen atoms in total. The first kappa shape index (κ1) is 16.3. The van der Waals surface area contributed by atoms with E-state index < -0.39 is 0 Å². The number of hydrogen-bond donors (Lipinski definition) is 2. The van der Waals surface area contributed by atoms with Crippen LogP contribution in [0.1, 0.15) is 5.56 Å². The zero-order chi connectivity index (χ0) is 18.2. The molecule has 0 unspecified atom stereocenters. The minimum Gasteiger partial charge on any atom is -0.281 e. The van der Waals surface area contributed by atoms with Crippen LogP contribution in [0.25, 0.3) is 21.0 Å². The predicted octanol–water partition coefficient (Wildman–Crippen LogP) is 4.25. The number of nitrogens with zero attached hydrogens (tertiary/aromatic N) is 2. The highest BCUT2D eigenvalue weighted by Crippen LogP contribution is 2.34. The fourth-order valence-corrected chi connectivity index (χ4v) is 4.96. The van der Waals surface area contributed by atoms with E-state index in [-0.39, 0.29) is 11.7 Å². The summed E-state index contributed by atoms with van der Waals surface area (Å²) in [7, 11) is 0. The highest BCUT2D eigenvalue weighted by molar-refractivity contribution is 8.01. The number of aliphatic imine (C=N–C) groups is 1. The fraction of sp³-hybridized carbons (Fsp3) is 0.0500. The molecule has 3 aromatic carbocycles. The van der Waals surface area contributed by atoms with Crippen molar-refractivity contribution in [1.82, 2.24) is 15.8 Å². The monoisotopic (exact) mass is 390 g/mol. The van der Waals surface area contributed by atoms with Crippen molar-refractivity contribution in [2.45, 2.75) is 4.34 Å². The lowest BCUT2D eigenvalue weighted by Gasteiger charge is -2.08. The highest BCUT2D eigenvalue weighted by Gasteiger charge is 2.18. The van der Waals surface area contributed by atoms with E-state index in [0.717, 1.165) is 36.6 Å². The summed E-state index contributed by atoms with van der Waals surface area (Å²) < 4.78 is 2.02. The van der Waals surface area contributed by atoms with Crippen molar-refractivity contribution in [1.29, 1.82) is 0 Å². The summed E-state index contributed by atoms with van der Waals surface area (Å²) in [6, 6.07) is 20.1. The molecule has 0 bridgehead atoms. The first-order valence-corrected chi connectivity index (χ1v) is 10.2. The number of thioether (sulfide) groups is 1. The van der Waals surface area contributed by atoms with Gasteiger partial charge in [0.15, 0.2) is 10.2 Å². The molecule has 0 spiro atoms. The molecule has 1 aliphatic rings. The largest absolute Gasteiger partial charge is 0.281 e. The zero-order valence-corrected chi connectivity index (χ0v) is 15.7. The average Bonchev–Trinajstić information content (AvgIpc) is 3.27. The maximum absolute atomic E-state index is 12.2. The Bertz CT molecular complexity index is 1180. The number of carbonyl (C=O) groups excluding carboxylic acids is 1. The molecule has 132 valence electrons. The van der Waals surface area contributed by atoms with Gasteiger partial charge in [-0.1, -0.05) is 54.2 Å². The molecular weight excluding hydrogens is 376 g/mol. The number of carbonyl (C=O) groups is 1. The Balaban J connectivity index is 1.23. The lowest BCUT2D eigenvalue weighted by Crippen LogP contribution is -2.42. The standard InChI is InChI=1S/C20H14N4OS2/c25-17(11-26-20-22-14-8-1-2-10-16(14)27-20)23-24-19-13-7-3-5-12-6-4-9-15(21-19)18(12)13/h1-10H,11H2,(H,21,24)(H,23,25). The Hall–Kier alpha value is -2.90. The van der Waals surface area contributed by atoms with Crippen LogP contribution in [0.4, 0.5) is 5.69 Å². The molecule has 0 fully saturated rings. The van der Waals surface area contributed by atoms with Crippen LogP contribution in [0.3, 0.4) is 0 Å². The third-order valence-corrected chi connectivity index (χ3v) is 6.47. The number of hydrogen-bond acceptors (Lipinski definition) is 6. The summed E-state index contributed by atoms with van der Waals surface area (Å²) in [6.45, 7) is 0. The normalized spacial score (nSPS) is 12.4. The Morgan fingerprint density at radius 2 is 1.89 bits per heavy atom. The predicted molar refractivity (Wildman–Crippen MR) is 112 cm³/mol. The van der Waals surface area contributed by atoms with Gasteiger partial charge in [0.05, 0.1) is 21.7 Å². The van der Waals surface area contributed by atoms with Gasteiger partial charge in [-0.25, -0.2) is 9.98 Å². The molecule has 1 aromatic heterocycles. The summed E-state index contributed by atoms with van der Waals surface area (Å²) in [5.41, 5.74) is 8.60. The van der Waals surface area contributed by atoms with Gasteiger partial charge < -0.3 is 0 Å². The van der Waals surface area contributed by atoms with Crippen LogP contribution in [0, 0.1) is 0 Å². The third kappa shape index (κ3) is 3.05. The Kier molecular flexibility index (Phi) is 4.03. The number of amides is 1. The number of thiazole rings is 1. The molecule has 0 saturated heterocycles. The number of rotatable bonds is 3. The molecule has 5 rings (SSSR count). The van der Waals surface area contributed by atoms with E-state index in [1.165, 1.54) is 11.8 Å². The molecule has 0 saturated carbocycles. The lowest BCUT2D eigenvalue weighted by atomic mass is 10.0. The Morgan fingerprint density at radius 3 is 2.78 bits per heavy atom. The van der Waals surface area contributed by atoms with Crippen molar-refractivity contribution in [2.75, 3.05) is 5.75 Å². The van der Waals surface area contributed by atoms with Crippen LogP contribution in [0.15, 0.2) is 70.0 Å². The van der Waals surface area contributed by atoms with Crippen molar-refractivity contribution < 1.29 is 4.79 Å². The number of nitrogens with one attached hydrogen (secondary N) is 2. The minimum absolute atomic E-state index is 0.120. The molecule has 0 aliphatic carbocycles. The van der Waals surface area contributed by atoms with E-state index in [2.05, 4.69) is 33.0 Å². The van der Waals surface area contributed by atoms with Crippen molar-refractivity contribution in [2.24, 2.45) is 4.99 Å². The van der Waals surface area contributed by atoms with E-state index in [1.807, 2.05) is 48.5 Å². The van der Waals surface area contributed by atoms with Crippen molar-refractivity contribution in [3.8, 4) is 0 Å². The van der Waals surface area contributed by atoms with Crippen molar-refractivity contribution >= 4 is 61.5 Å². The quantitative estimate of drug-likeness (QED) is 0.405. The Morgan fingerprint density at radius 1 is 1.04 bits per heavy atom. The molecule has 7 heteroatoms. The van der Waals surface area contributed by atoms with E-state index in [0.29, 0.717) is 5.84 Å². The summed E-state index contributed by atoms with van der Waals surface area (Å²) >= 11 is 3.03. The maximum Gasteiger partial charge on any atom is 0.248 e. The summed E-state index contributed by atoms with van der Waals surface area (Å²) in [5, 5.41) is 2.25. The van der Waals surface area contributed by atoms with Crippen LogP contribution in [0.2, 0.25) is 0 Å². The van der Waals surface area contributed by atoms with Gasteiger partial charge >= 0.3 is 0 Å². The van der Waals surface area contributed by atoms with Crippen LogP contribution < -0.4 is 10.9 Å². The molecule has 4 aromatic rings. The molecule has 27 heavy (non-hydrogen) atoms. The smallest absolute Gasteiger partial charge is 0.248 e. The van der Waals surface area contributed by atoms with Crippen LogP contribution in [-0.2, 0) is 4.79 Å². The second-order valence-corrected chi connectivity index (χ2v) is 8.30. The molecule has 1 amide bonds. The third-order valence-electron chi connectivity index (χ3n) is 4.29. The van der Waals surface area contributed by atoms with Crippen molar-refractivity contribution in [3.05, 3.63) is 66.2 Å². The van der Waals surface area contributed by atoms with Crippen molar-refractivity contribution in [3.63, 3.8) is 0 Å². The number of aromatic nitrogens is 1. The number of benzene rings is 3. The molecule has 0 radical (unpaired) electrons. The van der Waals surface area contributed by atoms with Gasteiger partial charge in [0, 0.05) is 10.9 Å². The molecule has 1 aliphatic heterocycles. The summed E-state index contributed by atoms with van der Waals surface area (Å²) in [6.07, 6.45) is 0. The van der Waals surface area contributed by atoms with Gasteiger partial charge in [-0.05, 0) is 23.6 Å². The van der Waals surface area contributed by atoms with Gasteiger partial charge in [-0.3, -0.25) is 15.6 Å². The van der Waals surface area contributed by atoms with Gasteiger partial charge in [0.25, 0.3) is 0 Å². The Labute approximate surface area is 163 Å². The number of fused-ring (bicyclic) bond motifs is 1. The molecule has 2 heterocycles. The summed E-state index contributed by atoms with van der Waals surface area (Å²) in [4.78, 5) is 21.4. The van der Waals surface area contributed by atoms with Gasteiger partial charge in [0.2, 0.25) is 5.91 Å². The highest BCUT2D eigenvalue weighted by atomic mass is 32.2. The fourth-order valence-electron chi connectivity index (χ4n) is 3.09. The summed E-state index contributed by atoms with van der Waals surface area (Å²) in [5.74, 6) is 0.835. The van der Waals surface area contributed by atoms with E-state index in [9.17, 15) is 4.79 Å². The van der Waals surface area contributed by atoms with Crippen LogP contribution in [0.5, 0.6) is 0 Å². The number of amidine groups is 1. The first-order chi connectivity index (χ1) is 13.3. The SMILES string of the molecule is O=C(CSc1nc2ccccc2s1)NNC1=Nc2cccc3cccc1c23. The molecular formula is C20H14N4OS2. The van der Waals surface area contributed by atoms with Crippen LogP contribution in [-0.4, -0.2) is 22.5 Å². The van der Waals surface area contributed by atoms with Gasteiger partial charge in [0.1, 0.15) is 0 Å². The first-order valence-electron chi connectivity index (χ1n) is 8.42. The van der Waals surface area contributed by atoms with Gasteiger partial charge in [-0.2, -0.15) is 0 Å². The topological polar surface area (TPSA) is 66.4 Å². The zero-order valence-electron chi connectivity index (χ0n) is 14.1. The van der Waals surface area contributed by atoms with E-state index in [4.69, 9.17) is 0 Å².